The van der Waals surface area contributed by atoms with Gasteiger partial charge >= 0.3 is 0 Å². The molecule has 8 heteroatoms. The van der Waals surface area contributed by atoms with Gasteiger partial charge < -0.3 is 20.1 Å². The Morgan fingerprint density at radius 2 is 1.97 bits per heavy atom. The smallest absolute Gasteiger partial charge is 0.191 e. The third-order valence-corrected chi connectivity index (χ3v) is 5.82. The predicted molar refractivity (Wildman–Crippen MR) is 136 cm³/mol. The second-order valence-electron chi connectivity index (χ2n) is 7.36. The third kappa shape index (κ3) is 7.63. The maximum atomic E-state index is 6.01. The Bertz CT molecular complexity index is 764. The number of guanidine groups is 1. The van der Waals surface area contributed by atoms with Crippen molar-refractivity contribution >= 4 is 41.3 Å². The molecule has 30 heavy (non-hydrogen) atoms. The third-order valence-electron chi connectivity index (χ3n) is 5.09. The van der Waals surface area contributed by atoms with E-state index in [0.29, 0.717) is 12.6 Å². The van der Waals surface area contributed by atoms with Crippen molar-refractivity contribution < 1.29 is 9.47 Å². The van der Waals surface area contributed by atoms with E-state index in [4.69, 9.17) is 9.47 Å². The van der Waals surface area contributed by atoms with Crippen LogP contribution in [-0.4, -0.2) is 56.8 Å². The average molecular weight is 545 g/mol. The van der Waals surface area contributed by atoms with Gasteiger partial charge in [-0.05, 0) is 54.3 Å². The first-order valence-corrected chi connectivity index (χ1v) is 11.1. The minimum absolute atomic E-state index is 0. The number of thiophene rings is 1. The number of aliphatic imine (C=N–C) groups is 1. The van der Waals surface area contributed by atoms with Gasteiger partial charge in [-0.15, -0.1) is 24.0 Å². The van der Waals surface area contributed by atoms with Crippen LogP contribution >= 0.6 is 35.3 Å². The lowest BCUT2D eigenvalue weighted by Crippen LogP contribution is -2.49. The number of hydrogen-bond acceptors (Lipinski definition) is 5. The minimum atomic E-state index is -0.0164. The Morgan fingerprint density at radius 1 is 1.23 bits per heavy atom. The highest BCUT2D eigenvalue weighted by Crippen LogP contribution is 2.26. The monoisotopic (exact) mass is 544 g/mol. The first-order valence-electron chi connectivity index (χ1n) is 10.2. The average Bonchev–Trinajstić information content (AvgIpc) is 3.26. The summed E-state index contributed by atoms with van der Waals surface area (Å²) in [7, 11) is 3.47. The molecule has 0 amide bonds. The highest BCUT2D eigenvalue weighted by Gasteiger charge is 2.20. The Balaban J connectivity index is 0.00000320. The minimum Gasteiger partial charge on any atom is -0.493 e. The SMILES string of the molecule is CN=C(NCC(C)Oc1ccccc1OC)NC1CCN(Cc2ccsc2)CC1.I. The Hall–Kier alpha value is -1.52. The summed E-state index contributed by atoms with van der Waals surface area (Å²) in [4.78, 5) is 6.90. The van der Waals surface area contributed by atoms with Gasteiger partial charge in [-0.3, -0.25) is 9.89 Å². The molecule has 2 N–H and O–H groups in total. The summed E-state index contributed by atoms with van der Waals surface area (Å²) in [5.41, 5.74) is 1.42. The molecule has 0 saturated carbocycles. The molecule has 166 valence electrons. The lowest BCUT2D eigenvalue weighted by atomic mass is 10.0. The number of rotatable bonds is 8. The molecule has 1 aromatic carbocycles. The van der Waals surface area contributed by atoms with Crippen molar-refractivity contribution in [2.45, 2.75) is 38.5 Å². The quantitative estimate of drug-likeness (QED) is 0.299. The molecule has 2 aromatic rings. The number of piperidine rings is 1. The van der Waals surface area contributed by atoms with Crippen LogP contribution in [0.5, 0.6) is 11.5 Å². The number of para-hydroxylation sites is 2. The van der Waals surface area contributed by atoms with E-state index in [1.807, 2.05) is 38.2 Å². The first kappa shape index (κ1) is 24.7. The van der Waals surface area contributed by atoms with Crippen LogP contribution in [0.3, 0.4) is 0 Å². The van der Waals surface area contributed by atoms with Gasteiger partial charge in [0.25, 0.3) is 0 Å². The van der Waals surface area contributed by atoms with Crippen molar-refractivity contribution in [3.05, 3.63) is 46.7 Å². The number of methoxy groups -OCH3 is 1. The molecule has 1 atom stereocenters. The molecule has 0 radical (unpaired) electrons. The summed E-state index contributed by atoms with van der Waals surface area (Å²) < 4.78 is 11.4. The highest BCUT2D eigenvalue weighted by molar-refractivity contribution is 14.0. The second-order valence-corrected chi connectivity index (χ2v) is 8.14. The van der Waals surface area contributed by atoms with Crippen LogP contribution in [-0.2, 0) is 6.54 Å². The largest absolute Gasteiger partial charge is 0.493 e. The van der Waals surface area contributed by atoms with Crippen molar-refractivity contribution in [3.63, 3.8) is 0 Å². The van der Waals surface area contributed by atoms with Gasteiger partial charge in [-0.1, -0.05) is 12.1 Å². The molecule has 6 nitrogen and oxygen atoms in total. The van der Waals surface area contributed by atoms with Crippen LogP contribution in [0.15, 0.2) is 46.1 Å². The van der Waals surface area contributed by atoms with Crippen LogP contribution in [0.4, 0.5) is 0 Å². The van der Waals surface area contributed by atoms with E-state index in [0.717, 1.165) is 49.9 Å². The molecule has 3 rings (SSSR count). The Morgan fingerprint density at radius 3 is 2.60 bits per heavy atom. The number of nitrogens with zero attached hydrogens (tertiary/aromatic N) is 2. The summed E-state index contributed by atoms with van der Waals surface area (Å²) in [6, 6.07) is 10.4. The highest BCUT2D eigenvalue weighted by atomic mass is 127. The lowest BCUT2D eigenvalue weighted by Gasteiger charge is -2.33. The molecule has 0 spiro atoms. The summed E-state index contributed by atoms with van der Waals surface area (Å²) in [6.45, 7) is 5.97. The van der Waals surface area contributed by atoms with Crippen LogP contribution in [0.25, 0.3) is 0 Å². The van der Waals surface area contributed by atoms with Crippen molar-refractivity contribution in [1.82, 2.24) is 15.5 Å². The summed E-state index contributed by atoms with van der Waals surface area (Å²) >= 11 is 1.77. The van der Waals surface area contributed by atoms with E-state index in [1.165, 1.54) is 5.56 Å². The number of ether oxygens (including phenoxy) is 2. The van der Waals surface area contributed by atoms with E-state index >= 15 is 0 Å². The van der Waals surface area contributed by atoms with Gasteiger partial charge in [0.05, 0.1) is 13.7 Å². The molecule has 2 heterocycles. The van der Waals surface area contributed by atoms with Crippen molar-refractivity contribution in [2.24, 2.45) is 4.99 Å². The van der Waals surface area contributed by atoms with E-state index in [9.17, 15) is 0 Å². The van der Waals surface area contributed by atoms with E-state index < -0.39 is 0 Å². The van der Waals surface area contributed by atoms with E-state index in [2.05, 4.69) is 37.4 Å². The van der Waals surface area contributed by atoms with Crippen LogP contribution < -0.4 is 20.1 Å². The lowest BCUT2D eigenvalue weighted by molar-refractivity contribution is 0.197. The number of benzene rings is 1. The standard InChI is InChI=1S/C22H32N4O2S.HI/c1-17(28-21-7-5-4-6-20(21)27-3)14-24-22(23-2)25-19-8-11-26(12-9-19)15-18-10-13-29-16-18;/h4-7,10,13,16-17,19H,8-9,11-12,14-15H2,1-3H3,(H2,23,24,25);1H. The molecule has 1 saturated heterocycles. The van der Waals surface area contributed by atoms with Crippen LogP contribution in [0.2, 0.25) is 0 Å². The molecular weight excluding hydrogens is 511 g/mol. The molecule has 1 aliphatic rings. The van der Waals surface area contributed by atoms with Gasteiger partial charge in [0, 0.05) is 32.7 Å². The Kier molecular flexibility index (Phi) is 10.7. The topological polar surface area (TPSA) is 58.1 Å². The van der Waals surface area contributed by atoms with Gasteiger partial charge in [-0.2, -0.15) is 11.3 Å². The zero-order valence-corrected chi connectivity index (χ0v) is 21.1. The number of nitrogens with one attached hydrogen (secondary N) is 2. The first-order chi connectivity index (χ1) is 14.2. The second kappa shape index (κ2) is 13.0. The van der Waals surface area contributed by atoms with Gasteiger partial charge in [0.2, 0.25) is 0 Å². The molecule has 1 fully saturated rings. The fourth-order valence-electron chi connectivity index (χ4n) is 3.48. The number of halogens is 1. The van der Waals surface area contributed by atoms with Crippen LogP contribution in [0.1, 0.15) is 25.3 Å². The summed E-state index contributed by atoms with van der Waals surface area (Å²) in [5, 5.41) is 11.3. The van der Waals surface area contributed by atoms with Gasteiger partial charge in [0.15, 0.2) is 17.5 Å². The Labute approximate surface area is 201 Å². The van der Waals surface area contributed by atoms with E-state index in [1.54, 1.807) is 18.4 Å². The zero-order chi connectivity index (χ0) is 20.5. The molecule has 1 aromatic heterocycles. The fraction of sp³-hybridized carbons (Fsp3) is 0.500. The van der Waals surface area contributed by atoms with Crippen LogP contribution in [0, 0.1) is 0 Å². The summed E-state index contributed by atoms with van der Waals surface area (Å²) in [5.74, 6) is 2.33. The molecule has 0 aliphatic carbocycles. The molecule has 1 aliphatic heterocycles. The van der Waals surface area contributed by atoms with Crippen molar-refractivity contribution in [2.75, 3.05) is 33.8 Å². The molecule has 1 unspecified atom stereocenters. The van der Waals surface area contributed by atoms with Crippen molar-refractivity contribution in [3.8, 4) is 11.5 Å². The molecule has 0 bridgehead atoms. The zero-order valence-electron chi connectivity index (χ0n) is 18.0. The van der Waals surface area contributed by atoms with Gasteiger partial charge in [0.1, 0.15) is 6.10 Å². The fourth-order valence-corrected chi connectivity index (χ4v) is 4.14. The molecular formula is C22H33IN4O2S. The number of hydrogen-bond donors (Lipinski definition) is 2. The van der Waals surface area contributed by atoms with E-state index in [-0.39, 0.29) is 30.1 Å². The van der Waals surface area contributed by atoms with Gasteiger partial charge in [-0.25, -0.2) is 0 Å². The number of likely N-dealkylation sites (tertiary alicyclic amines) is 1. The normalized spacial score (nSPS) is 16.4. The summed E-state index contributed by atoms with van der Waals surface area (Å²) in [6.07, 6.45) is 2.23. The predicted octanol–water partition coefficient (Wildman–Crippen LogP) is 3.97. The maximum Gasteiger partial charge on any atom is 0.191 e. The van der Waals surface area contributed by atoms with Crippen molar-refractivity contribution in [1.29, 1.82) is 0 Å². The maximum absolute atomic E-state index is 6.01.